The first-order chi connectivity index (χ1) is 12.1. The number of hydrogen-bond donors (Lipinski definition) is 3. The van der Waals surface area contributed by atoms with Gasteiger partial charge in [-0.25, -0.2) is 4.39 Å². The lowest BCUT2D eigenvalue weighted by atomic mass is 9.86. The summed E-state index contributed by atoms with van der Waals surface area (Å²) in [6.45, 7) is 10.3. The molecule has 1 unspecified atom stereocenters. The van der Waals surface area contributed by atoms with Crippen molar-refractivity contribution in [2.75, 3.05) is 6.54 Å². The molecule has 0 saturated carbocycles. The van der Waals surface area contributed by atoms with Crippen LogP contribution in [0.25, 0.3) is 0 Å². The lowest BCUT2D eigenvalue weighted by Crippen LogP contribution is -2.51. The smallest absolute Gasteiger partial charge is 0.268 e. The van der Waals surface area contributed by atoms with Gasteiger partial charge in [0.1, 0.15) is 18.1 Å². The molecule has 7 heteroatoms. The van der Waals surface area contributed by atoms with E-state index in [4.69, 9.17) is 0 Å². The molecule has 2 heterocycles. The molecule has 3 N–H and O–H groups in total. The zero-order valence-electron chi connectivity index (χ0n) is 15.9. The molecule has 0 radical (unpaired) electrons. The SMILES string of the molecule is Cc1ccc(C)n1CC(=O)NCC(NC(=O)c1cc(F)c[nH]1)C(C)(C)C. The van der Waals surface area contributed by atoms with Gasteiger partial charge in [0.2, 0.25) is 5.91 Å². The van der Waals surface area contributed by atoms with E-state index in [1.165, 1.54) is 0 Å². The van der Waals surface area contributed by atoms with Crippen LogP contribution in [0.15, 0.2) is 24.4 Å². The highest BCUT2D eigenvalue weighted by Crippen LogP contribution is 2.19. The Labute approximate surface area is 153 Å². The Morgan fingerprint density at radius 2 is 1.85 bits per heavy atom. The van der Waals surface area contributed by atoms with Crippen molar-refractivity contribution in [3.63, 3.8) is 0 Å². The van der Waals surface area contributed by atoms with Gasteiger partial charge in [0.15, 0.2) is 0 Å². The number of hydrogen-bond acceptors (Lipinski definition) is 2. The highest BCUT2D eigenvalue weighted by atomic mass is 19.1. The van der Waals surface area contributed by atoms with Crippen molar-refractivity contribution in [1.29, 1.82) is 0 Å². The predicted octanol–water partition coefficient (Wildman–Crippen LogP) is 2.53. The highest BCUT2D eigenvalue weighted by molar-refractivity contribution is 5.92. The van der Waals surface area contributed by atoms with Gasteiger partial charge in [0, 0.05) is 30.2 Å². The topological polar surface area (TPSA) is 78.9 Å². The van der Waals surface area contributed by atoms with Crippen LogP contribution in [0.5, 0.6) is 0 Å². The maximum absolute atomic E-state index is 13.1. The second kappa shape index (κ2) is 7.76. The van der Waals surface area contributed by atoms with Crippen LogP contribution in [0.2, 0.25) is 0 Å². The molecule has 0 saturated heterocycles. The van der Waals surface area contributed by atoms with Crippen LogP contribution in [0.4, 0.5) is 4.39 Å². The first-order valence-electron chi connectivity index (χ1n) is 8.62. The predicted molar refractivity (Wildman–Crippen MR) is 98.4 cm³/mol. The van der Waals surface area contributed by atoms with Crippen LogP contribution < -0.4 is 10.6 Å². The molecule has 2 aromatic rings. The first-order valence-corrected chi connectivity index (χ1v) is 8.62. The fourth-order valence-corrected chi connectivity index (χ4v) is 2.67. The Hall–Kier alpha value is -2.57. The zero-order valence-corrected chi connectivity index (χ0v) is 15.9. The molecule has 0 aliphatic heterocycles. The van der Waals surface area contributed by atoms with E-state index in [-0.39, 0.29) is 36.1 Å². The molecule has 2 rings (SSSR count). The number of H-pyrrole nitrogens is 1. The fraction of sp³-hybridized carbons (Fsp3) is 0.474. The number of carbonyl (C=O) groups is 2. The van der Waals surface area contributed by atoms with E-state index in [1.807, 2.05) is 51.3 Å². The number of halogens is 1. The number of aryl methyl sites for hydroxylation is 2. The Balaban J connectivity index is 1.97. The number of nitrogens with one attached hydrogen (secondary N) is 3. The molecule has 0 aliphatic carbocycles. The van der Waals surface area contributed by atoms with Crippen molar-refractivity contribution in [1.82, 2.24) is 20.2 Å². The Morgan fingerprint density at radius 1 is 1.23 bits per heavy atom. The zero-order chi connectivity index (χ0) is 19.5. The van der Waals surface area contributed by atoms with Crippen LogP contribution >= 0.6 is 0 Å². The van der Waals surface area contributed by atoms with Gasteiger partial charge in [-0.15, -0.1) is 0 Å². The van der Waals surface area contributed by atoms with Crippen LogP contribution in [0.3, 0.4) is 0 Å². The lowest BCUT2D eigenvalue weighted by molar-refractivity contribution is -0.121. The second-order valence-electron chi connectivity index (χ2n) is 7.63. The summed E-state index contributed by atoms with van der Waals surface area (Å²) >= 11 is 0. The van der Waals surface area contributed by atoms with Gasteiger partial charge in [-0.3, -0.25) is 9.59 Å². The summed E-state index contributed by atoms with van der Waals surface area (Å²) in [5, 5.41) is 5.75. The largest absolute Gasteiger partial charge is 0.355 e. The minimum Gasteiger partial charge on any atom is -0.355 e. The van der Waals surface area contributed by atoms with Crippen molar-refractivity contribution in [3.05, 3.63) is 47.3 Å². The standard InChI is InChI=1S/C19H27FN4O2/c1-12-6-7-13(2)24(12)11-17(25)22-10-16(19(3,4)5)23-18(26)15-8-14(20)9-21-15/h6-9,16,21H,10-11H2,1-5H3,(H,22,25)(H,23,26). The van der Waals surface area contributed by atoms with E-state index < -0.39 is 11.7 Å². The van der Waals surface area contributed by atoms with E-state index in [0.717, 1.165) is 23.7 Å². The number of nitrogens with zero attached hydrogens (tertiary/aromatic N) is 1. The molecule has 2 amide bonds. The minimum absolute atomic E-state index is 0.123. The summed E-state index contributed by atoms with van der Waals surface area (Å²) in [5.74, 6) is -1.02. The maximum atomic E-state index is 13.1. The van der Waals surface area contributed by atoms with Gasteiger partial charge < -0.3 is 20.2 Å². The first kappa shape index (κ1) is 19.8. The molecule has 0 aliphatic rings. The van der Waals surface area contributed by atoms with Crippen molar-refractivity contribution >= 4 is 11.8 Å². The summed E-state index contributed by atoms with van der Waals surface area (Å²) < 4.78 is 15.0. The van der Waals surface area contributed by atoms with Gasteiger partial charge in [-0.1, -0.05) is 20.8 Å². The van der Waals surface area contributed by atoms with Crippen molar-refractivity contribution in [2.24, 2.45) is 5.41 Å². The summed E-state index contributed by atoms with van der Waals surface area (Å²) in [6.07, 6.45) is 1.13. The quantitative estimate of drug-likeness (QED) is 0.738. The summed E-state index contributed by atoms with van der Waals surface area (Å²) in [5.41, 5.74) is 1.91. The Morgan fingerprint density at radius 3 is 2.35 bits per heavy atom. The molecular weight excluding hydrogens is 335 g/mol. The molecule has 0 aromatic carbocycles. The molecule has 0 spiro atoms. The molecule has 1 atom stereocenters. The number of aromatic amines is 1. The second-order valence-corrected chi connectivity index (χ2v) is 7.63. The molecule has 0 fully saturated rings. The Kier molecular flexibility index (Phi) is 5.90. The molecule has 6 nitrogen and oxygen atoms in total. The van der Waals surface area contributed by atoms with Crippen molar-refractivity contribution in [3.8, 4) is 0 Å². The van der Waals surface area contributed by atoms with Crippen LogP contribution in [0, 0.1) is 25.1 Å². The summed E-state index contributed by atoms with van der Waals surface area (Å²) in [7, 11) is 0. The third-order valence-corrected chi connectivity index (χ3v) is 4.47. The van der Waals surface area contributed by atoms with E-state index in [2.05, 4.69) is 15.6 Å². The molecule has 26 heavy (non-hydrogen) atoms. The lowest BCUT2D eigenvalue weighted by Gasteiger charge is -2.31. The normalized spacial score (nSPS) is 12.7. The number of carbonyl (C=O) groups excluding carboxylic acids is 2. The number of amides is 2. The molecule has 2 aromatic heterocycles. The number of rotatable bonds is 6. The van der Waals surface area contributed by atoms with Crippen LogP contribution in [0.1, 0.15) is 42.6 Å². The van der Waals surface area contributed by atoms with Crippen molar-refractivity contribution < 1.29 is 14.0 Å². The monoisotopic (exact) mass is 362 g/mol. The fourth-order valence-electron chi connectivity index (χ4n) is 2.67. The van der Waals surface area contributed by atoms with E-state index in [9.17, 15) is 14.0 Å². The van der Waals surface area contributed by atoms with Gasteiger partial charge in [-0.2, -0.15) is 0 Å². The maximum Gasteiger partial charge on any atom is 0.268 e. The van der Waals surface area contributed by atoms with E-state index >= 15 is 0 Å². The van der Waals surface area contributed by atoms with Crippen LogP contribution in [-0.4, -0.2) is 34.0 Å². The summed E-state index contributed by atoms with van der Waals surface area (Å²) in [6, 6.07) is 4.77. The highest BCUT2D eigenvalue weighted by Gasteiger charge is 2.27. The van der Waals surface area contributed by atoms with Gasteiger partial charge in [0.25, 0.3) is 5.91 Å². The van der Waals surface area contributed by atoms with Crippen LogP contribution in [-0.2, 0) is 11.3 Å². The molecule has 142 valence electrons. The van der Waals surface area contributed by atoms with E-state index in [0.29, 0.717) is 0 Å². The molecular formula is C19H27FN4O2. The Bertz CT molecular complexity index is 766. The van der Waals surface area contributed by atoms with Gasteiger partial charge in [-0.05, 0) is 31.4 Å². The average molecular weight is 362 g/mol. The van der Waals surface area contributed by atoms with Gasteiger partial charge >= 0.3 is 0 Å². The molecule has 0 bridgehead atoms. The van der Waals surface area contributed by atoms with E-state index in [1.54, 1.807) is 0 Å². The average Bonchev–Trinajstić information content (AvgIpc) is 3.11. The number of aromatic nitrogens is 2. The summed E-state index contributed by atoms with van der Waals surface area (Å²) in [4.78, 5) is 27.2. The minimum atomic E-state index is -0.492. The van der Waals surface area contributed by atoms with Crippen molar-refractivity contribution in [2.45, 2.75) is 47.2 Å². The third-order valence-electron chi connectivity index (χ3n) is 4.47. The third kappa shape index (κ3) is 4.97. The van der Waals surface area contributed by atoms with Gasteiger partial charge in [0.05, 0.1) is 6.04 Å².